The van der Waals surface area contributed by atoms with E-state index < -0.39 is 34.8 Å². The Kier molecular flexibility index (Phi) is 4.36. The van der Waals surface area contributed by atoms with E-state index in [0.29, 0.717) is 17.9 Å². The summed E-state index contributed by atoms with van der Waals surface area (Å²) in [6.45, 7) is 0.449. The van der Waals surface area contributed by atoms with Gasteiger partial charge in [0.1, 0.15) is 11.9 Å². The van der Waals surface area contributed by atoms with Crippen LogP contribution in [0.25, 0.3) is 0 Å². The molecule has 1 unspecified atom stereocenters. The van der Waals surface area contributed by atoms with Crippen molar-refractivity contribution in [3.8, 4) is 0 Å². The number of ether oxygens (including phenoxy) is 1. The fourth-order valence-corrected chi connectivity index (χ4v) is 3.56. The fraction of sp³-hybridized carbons (Fsp3) is 0.400. The molecule has 2 aliphatic heterocycles. The molecule has 8 heteroatoms. The van der Waals surface area contributed by atoms with Gasteiger partial charge in [0, 0.05) is 12.3 Å². The lowest BCUT2D eigenvalue weighted by Gasteiger charge is -2.21. The first kappa shape index (κ1) is 15.9. The van der Waals surface area contributed by atoms with Crippen molar-refractivity contribution in [2.75, 3.05) is 23.7 Å². The Hall–Kier alpha value is -1.93. The van der Waals surface area contributed by atoms with Crippen LogP contribution < -0.4 is 10.6 Å². The van der Waals surface area contributed by atoms with Crippen LogP contribution in [0.3, 0.4) is 0 Å². The molecule has 1 aromatic carbocycles. The molecule has 0 saturated carbocycles. The number of rotatable bonds is 3. The lowest BCUT2D eigenvalue weighted by atomic mass is 9.91. The van der Waals surface area contributed by atoms with Gasteiger partial charge in [-0.3, -0.25) is 14.5 Å². The second kappa shape index (κ2) is 6.29. The number of ketones is 1. The maximum absolute atomic E-state index is 14.4. The number of carbonyl (C=O) groups excluding carboxylic acids is 3. The number of benzene rings is 1. The summed E-state index contributed by atoms with van der Waals surface area (Å²) >= 11 is 0.965. The smallest absolute Gasteiger partial charge is 0.414 e. The number of hydrogen-bond donors (Lipinski definition) is 1. The van der Waals surface area contributed by atoms with Crippen molar-refractivity contribution in [1.29, 1.82) is 0 Å². The van der Waals surface area contributed by atoms with Gasteiger partial charge in [0.25, 0.3) is 5.12 Å². The zero-order valence-corrected chi connectivity index (χ0v) is 13.0. The topological polar surface area (TPSA) is 89.7 Å². The molecule has 2 heterocycles. The Morgan fingerprint density at radius 1 is 1.35 bits per heavy atom. The molecule has 0 aromatic heterocycles. The number of halogens is 1. The number of carbonyl (C=O) groups is 3. The summed E-state index contributed by atoms with van der Waals surface area (Å²) in [5.74, 6) is -1.44. The molecule has 2 N–H and O–H groups in total. The van der Waals surface area contributed by atoms with Crippen LogP contribution >= 0.6 is 11.8 Å². The zero-order chi connectivity index (χ0) is 16.6. The average Bonchev–Trinajstić information content (AvgIpc) is 2.91. The number of anilines is 1. The van der Waals surface area contributed by atoms with E-state index >= 15 is 0 Å². The van der Waals surface area contributed by atoms with E-state index in [1.807, 2.05) is 0 Å². The summed E-state index contributed by atoms with van der Waals surface area (Å²) in [6.07, 6.45) is -0.570. The van der Waals surface area contributed by atoms with Gasteiger partial charge in [-0.05, 0) is 24.1 Å². The summed E-state index contributed by atoms with van der Waals surface area (Å²) < 4.78 is 19.5. The second-order valence-corrected chi connectivity index (χ2v) is 6.47. The van der Waals surface area contributed by atoms with Gasteiger partial charge in [0.2, 0.25) is 5.78 Å². The molecule has 2 atom stereocenters. The van der Waals surface area contributed by atoms with E-state index in [9.17, 15) is 18.8 Å². The summed E-state index contributed by atoms with van der Waals surface area (Å²) in [4.78, 5) is 36.5. The number of Topliss-reactive ketones (excluding diaryl/α,β-unsaturated/α-hetero) is 1. The van der Waals surface area contributed by atoms with Crippen LogP contribution in [0, 0.1) is 5.82 Å². The zero-order valence-electron chi connectivity index (χ0n) is 12.2. The van der Waals surface area contributed by atoms with Crippen molar-refractivity contribution in [1.82, 2.24) is 0 Å². The van der Waals surface area contributed by atoms with Crippen LogP contribution in [0.5, 0.6) is 0 Å². The Labute approximate surface area is 136 Å². The van der Waals surface area contributed by atoms with Crippen LogP contribution in [0.4, 0.5) is 14.9 Å². The summed E-state index contributed by atoms with van der Waals surface area (Å²) in [6, 6.07) is 4.20. The average molecular weight is 338 g/mol. The molecule has 2 saturated heterocycles. The van der Waals surface area contributed by atoms with E-state index in [4.69, 9.17) is 10.5 Å². The van der Waals surface area contributed by atoms with Crippen molar-refractivity contribution >= 4 is 34.4 Å². The first-order chi connectivity index (χ1) is 11.0. The second-order valence-electron chi connectivity index (χ2n) is 5.40. The molecule has 23 heavy (non-hydrogen) atoms. The van der Waals surface area contributed by atoms with E-state index in [2.05, 4.69) is 0 Å². The van der Waals surface area contributed by atoms with Crippen molar-refractivity contribution in [2.24, 2.45) is 5.73 Å². The predicted molar refractivity (Wildman–Crippen MR) is 82.9 cm³/mol. The molecule has 3 rings (SSSR count). The molecule has 2 aliphatic rings. The molecule has 0 aliphatic carbocycles. The van der Waals surface area contributed by atoms with E-state index in [0.717, 1.165) is 11.8 Å². The lowest BCUT2D eigenvalue weighted by Crippen LogP contribution is -2.28. The minimum atomic E-state index is -0.750. The van der Waals surface area contributed by atoms with Crippen molar-refractivity contribution in [3.05, 3.63) is 29.6 Å². The number of nitrogens with two attached hydrogens (primary N) is 1. The third kappa shape index (κ3) is 2.96. The van der Waals surface area contributed by atoms with Crippen molar-refractivity contribution in [3.63, 3.8) is 0 Å². The van der Waals surface area contributed by atoms with Gasteiger partial charge >= 0.3 is 6.09 Å². The molecule has 122 valence electrons. The van der Waals surface area contributed by atoms with E-state index in [1.54, 1.807) is 6.07 Å². The maximum atomic E-state index is 14.4. The van der Waals surface area contributed by atoms with Gasteiger partial charge in [-0.25, -0.2) is 9.18 Å². The fourth-order valence-electron chi connectivity index (χ4n) is 2.73. The molecule has 0 spiro atoms. The molecule has 1 aromatic rings. The standard InChI is InChI=1S/C15H15FN2O4S/c16-12-5-8(18-7-9(6-17)22-15(18)21)1-2-10(12)11-3-4-23-14(20)13(11)19/h1-2,5,9,11H,3-4,6-7,17H2/t9-,11?/m0/s1. The summed E-state index contributed by atoms with van der Waals surface area (Å²) in [5.41, 5.74) is 6.00. The summed E-state index contributed by atoms with van der Waals surface area (Å²) in [5, 5.41) is -0.529. The van der Waals surface area contributed by atoms with Gasteiger partial charge in [-0.15, -0.1) is 0 Å². The third-order valence-corrected chi connectivity index (χ3v) is 4.87. The highest BCUT2D eigenvalue weighted by Crippen LogP contribution is 2.33. The maximum Gasteiger partial charge on any atom is 0.414 e. The van der Waals surface area contributed by atoms with Gasteiger partial charge in [-0.2, -0.15) is 0 Å². The normalized spacial score (nSPS) is 25.0. The third-order valence-electron chi connectivity index (χ3n) is 3.97. The SMILES string of the molecule is NC[C@H]1CN(c2ccc(C3CCSC(=O)C3=O)c(F)c2)C(=O)O1. The largest absolute Gasteiger partial charge is 0.443 e. The Morgan fingerprint density at radius 2 is 2.13 bits per heavy atom. The first-order valence-electron chi connectivity index (χ1n) is 7.20. The highest BCUT2D eigenvalue weighted by Gasteiger charge is 2.35. The van der Waals surface area contributed by atoms with E-state index in [1.165, 1.54) is 17.0 Å². The van der Waals surface area contributed by atoms with Crippen LogP contribution in [0.1, 0.15) is 17.9 Å². The van der Waals surface area contributed by atoms with Gasteiger partial charge in [0.05, 0.1) is 18.2 Å². The molecule has 1 amide bonds. The number of nitrogens with zero attached hydrogens (tertiary/aromatic N) is 1. The number of thioether (sulfide) groups is 1. The molecule has 0 bridgehead atoms. The van der Waals surface area contributed by atoms with Gasteiger partial charge < -0.3 is 10.5 Å². The minimum Gasteiger partial charge on any atom is -0.443 e. The highest BCUT2D eigenvalue weighted by molar-refractivity contribution is 8.15. The Bertz CT molecular complexity index is 681. The summed E-state index contributed by atoms with van der Waals surface area (Å²) in [7, 11) is 0. The monoisotopic (exact) mass is 338 g/mol. The minimum absolute atomic E-state index is 0.190. The van der Waals surface area contributed by atoms with Crippen LogP contribution in [0.2, 0.25) is 0 Å². The van der Waals surface area contributed by atoms with Gasteiger partial charge in [-0.1, -0.05) is 17.8 Å². The van der Waals surface area contributed by atoms with Crippen LogP contribution in [-0.2, 0) is 14.3 Å². The van der Waals surface area contributed by atoms with Gasteiger partial charge in [0.15, 0.2) is 0 Å². The first-order valence-corrected chi connectivity index (χ1v) is 8.18. The Balaban J connectivity index is 1.85. The molecule has 6 nitrogen and oxygen atoms in total. The molecular formula is C15H15FN2O4S. The Morgan fingerprint density at radius 3 is 2.78 bits per heavy atom. The van der Waals surface area contributed by atoms with Crippen LogP contribution in [-0.4, -0.2) is 41.9 Å². The van der Waals surface area contributed by atoms with Crippen molar-refractivity contribution < 1.29 is 23.5 Å². The van der Waals surface area contributed by atoms with E-state index in [-0.39, 0.29) is 18.7 Å². The van der Waals surface area contributed by atoms with Crippen LogP contribution in [0.15, 0.2) is 18.2 Å². The number of amides is 1. The number of cyclic esters (lactones) is 1. The molecule has 2 fully saturated rings. The molecule has 0 radical (unpaired) electrons. The highest BCUT2D eigenvalue weighted by atomic mass is 32.2. The van der Waals surface area contributed by atoms with Crippen molar-refractivity contribution in [2.45, 2.75) is 18.4 Å². The molecular weight excluding hydrogens is 323 g/mol. The number of hydrogen-bond acceptors (Lipinski definition) is 6. The quantitative estimate of drug-likeness (QED) is 0.839. The lowest BCUT2D eigenvalue weighted by molar-refractivity contribution is -0.133. The predicted octanol–water partition coefficient (Wildman–Crippen LogP) is 1.43.